The maximum absolute atomic E-state index is 13.1. The van der Waals surface area contributed by atoms with Gasteiger partial charge in [-0.1, -0.05) is 0 Å². The summed E-state index contributed by atoms with van der Waals surface area (Å²) in [5.41, 5.74) is -0.955. The lowest BCUT2D eigenvalue weighted by Gasteiger charge is -2.00. The summed E-state index contributed by atoms with van der Waals surface area (Å²) in [6.45, 7) is 0. The minimum absolute atomic E-state index is 0.337. The molecule has 1 aromatic rings. The minimum atomic E-state index is -4.13. The van der Waals surface area contributed by atoms with Crippen molar-refractivity contribution in [3.63, 3.8) is 0 Å². The zero-order chi connectivity index (χ0) is 11.8. The highest BCUT2D eigenvalue weighted by Gasteiger charge is 2.23. The van der Waals surface area contributed by atoms with E-state index in [-0.39, 0.29) is 4.47 Å². The molecular formula is C6H2BrClFNO4S. The Morgan fingerprint density at radius 2 is 2.00 bits per heavy atom. The van der Waals surface area contributed by atoms with Crippen molar-refractivity contribution >= 4 is 41.4 Å². The van der Waals surface area contributed by atoms with Crippen molar-refractivity contribution < 1.29 is 17.7 Å². The van der Waals surface area contributed by atoms with Crippen LogP contribution in [0, 0.1) is 15.9 Å². The van der Waals surface area contributed by atoms with Gasteiger partial charge in [0.15, 0.2) is 0 Å². The molecule has 9 heteroatoms. The van der Waals surface area contributed by atoms with Crippen LogP contribution >= 0.6 is 26.6 Å². The molecule has 0 atom stereocenters. The molecule has 0 aliphatic rings. The first-order valence-corrected chi connectivity index (χ1v) is 6.42. The van der Waals surface area contributed by atoms with Crippen LogP contribution in [0.15, 0.2) is 21.5 Å². The molecule has 82 valence electrons. The van der Waals surface area contributed by atoms with E-state index < -0.39 is 30.4 Å². The molecule has 15 heavy (non-hydrogen) atoms. The summed E-state index contributed by atoms with van der Waals surface area (Å²) in [4.78, 5) is 8.79. The molecule has 0 amide bonds. The van der Waals surface area contributed by atoms with E-state index in [2.05, 4.69) is 15.9 Å². The molecule has 0 radical (unpaired) electrons. The molecule has 0 bridgehead atoms. The molecule has 0 heterocycles. The predicted octanol–water partition coefficient (Wildman–Crippen LogP) is 2.42. The van der Waals surface area contributed by atoms with Gasteiger partial charge in [0.05, 0.1) is 14.3 Å². The molecule has 0 saturated heterocycles. The average molecular weight is 319 g/mol. The smallest absolute Gasteiger partial charge is 0.258 e. The van der Waals surface area contributed by atoms with Gasteiger partial charge in [-0.05, 0) is 22.0 Å². The Balaban J connectivity index is 3.57. The van der Waals surface area contributed by atoms with E-state index in [1.807, 2.05) is 0 Å². The van der Waals surface area contributed by atoms with Crippen molar-refractivity contribution in [1.82, 2.24) is 0 Å². The summed E-state index contributed by atoms with van der Waals surface area (Å²) < 4.78 is 34.5. The Hall–Kier alpha value is -0.730. The van der Waals surface area contributed by atoms with E-state index in [9.17, 15) is 22.9 Å². The van der Waals surface area contributed by atoms with Gasteiger partial charge in [-0.3, -0.25) is 10.1 Å². The molecule has 1 rings (SSSR count). The number of hydrogen-bond acceptors (Lipinski definition) is 4. The topological polar surface area (TPSA) is 77.3 Å². The molecule has 0 N–H and O–H groups in total. The Morgan fingerprint density at radius 3 is 2.40 bits per heavy atom. The van der Waals surface area contributed by atoms with E-state index in [0.29, 0.717) is 6.07 Å². The summed E-state index contributed by atoms with van der Waals surface area (Å²) in [5.74, 6) is -1.15. The van der Waals surface area contributed by atoms with Gasteiger partial charge in [-0.25, -0.2) is 8.42 Å². The highest BCUT2D eigenvalue weighted by molar-refractivity contribution is 9.10. The lowest BCUT2D eigenvalue weighted by molar-refractivity contribution is -0.387. The molecule has 1 aromatic carbocycles. The zero-order valence-electron chi connectivity index (χ0n) is 6.78. The number of halogens is 3. The summed E-state index contributed by atoms with van der Waals surface area (Å²) in [5, 5.41) is 10.4. The SMILES string of the molecule is O=[N+]([O-])c1cc(S(=O)(=O)Cl)cc(Br)c1F. The third-order valence-electron chi connectivity index (χ3n) is 1.46. The standard InChI is InChI=1S/C6H2BrClFNO4S/c7-4-1-3(15(8,13)14)2-5(6(4)9)10(11)12/h1-2H. The van der Waals surface area contributed by atoms with E-state index in [0.717, 1.165) is 6.07 Å². The third-order valence-corrected chi connectivity index (χ3v) is 3.37. The van der Waals surface area contributed by atoms with Crippen LogP contribution in [-0.4, -0.2) is 13.3 Å². The summed E-state index contributed by atoms with van der Waals surface area (Å²) in [6, 6.07) is 1.41. The number of nitro benzene ring substituents is 1. The van der Waals surface area contributed by atoms with Crippen LogP contribution < -0.4 is 0 Å². The Morgan fingerprint density at radius 1 is 1.47 bits per heavy atom. The fourth-order valence-corrected chi connectivity index (χ4v) is 2.20. The van der Waals surface area contributed by atoms with Gasteiger partial charge < -0.3 is 0 Å². The lowest BCUT2D eigenvalue weighted by atomic mass is 10.3. The highest BCUT2D eigenvalue weighted by Crippen LogP contribution is 2.30. The number of hydrogen-bond donors (Lipinski definition) is 0. The lowest BCUT2D eigenvalue weighted by Crippen LogP contribution is -1.98. The van der Waals surface area contributed by atoms with Crippen LogP contribution in [0.3, 0.4) is 0 Å². The molecule has 0 fully saturated rings. The van der Waals surface area contributed by atoms with Crippen LogP contribution in [0.25, 0.3) is 0 Å². The quantitative estimate of drug-likeness (QED) is 0.476. The maximum Gasteiger partial charge on any atom is 0.307 e. The van der Waals surface area contributed by atoms with Crippen molar-refractivity contribution in [2.75, 3.05) is 0 Å². The molecule has 0 aliphatic heterocycles. The first kappa shape index (κ1) is 12.3. The second-order valence-corrected chi connectivity index (χ2v) is 5.85. The fraction of sp³-hybridized carbons (Fsp3) is 0. The first-order chi connectivity index (χ1) is 6.73. The van der Waals surface area contributed by atoms with Gasteiger partial charge in [0.25, 0.3) is 9.05 Å². The van der Waals surface area contributed by atoms with Crippen molar-refractivity contribution in [2.24, 2.45) is 0 Å². The summed E-state index contributed by atoms with van der Waals surface area (Å²) in [6.07, 6.45) is 0. The number of nitrogens with zero attached hydrogens (tertiary/aromatic N) is 1. The van der Waals surface area contributed by atoms with Crippen molar-refractivity contribution in [3.05, 3.63) is 32.5 Å². The molecule has 0 aliphatic carbocycles. The fourth-order valence-electron chi connectivity index (χ4n) is 0.824. The second kappa shape index (κ2) is 4.03. The van der Waals surface area contributed by atoms with Gasteiger partial charge >= 0.3 is 5.69 Å². The maximum atomic E-state index is 13.1. The van der Waals surface area contributed by atoms with Crippen molar-refractivity contribution in [3.8, 4) is 0 Å². The van der Waals surface area contributed by atoms with E-state index in [1.165, 1.54) is 0 Å². The van der Waals surface area contributed by atoms with Crippen LogP contribution in [-0.2, 0) is 9.05 Å². The van der Waals surface area contributed by atoms with E-state index >= 15 is 0 Å². The van der Waals surface area contributed by atoms with Gasteiger partial charge in [0.2, 0.25) is 5.82 Å². The Kier molecular flexibility index (Phi) is 3.31. The monoisotopic (exact) mass is 317 g/mol. The van der Waals surface area contributed by atoms with E-state index in [1.54, 1.807) is 0 Å². The van der Waals surface area contributed by atoms with E-state index in [4.69, 9.17) is 10.7 Å². The first-order valence-electron chi connectivity index (χ1n) is 3.31. The molecule has 0 aromatic heterocycles. The Bertz CT molecular complexity index is 532. The third kappa shape index (κ3) is 2.64. The molecule has 0 unspecified atom stereocenters. The highest BCUT2D eigenvalue weighted by atomic mass is 79.9. The van der Waals surface area contributed by atoms with Gasteiger partial charge in [-0.15, -0.1) is 0 Å². The predicted molar refractivity (Wildman–Crippen MR) is 53.8 cm³/mol. The molecule has 0 saturated carbocycles. The van der Waals surface area contributed by atoms with Crippen LogP contribution in [0.2, 0.25) is 0 Å². The van der Waals surface area contributed by atoms with Crippen LogP contribution in [0.5, 0.6) is 0 Å². The number of benzene rings is 1. The molecule has 5 nitrogen and oxygen atoms in total. The van der Waals surface area contributed by atoms with Crippen LogP contribution in [0.1, 0.15) is 0 Å². The number of rotatable bonds is 2. The zero-order valence-corrected chi connectivity index (χ0v) is 9.94. The van der Waals surface area contributed by atoms with Crippen molar-refractivity contribution in [2.45, 2.75) is 4.90 Å². The second-order valence-electron chi connectivity index (χ2n) is 2.43. The van der Waals surface area contributed by atoms with Crippen molar-refractivity contribution in [1.29, 1.82) is 0 Å². The average Bonchev–Trinajstić information content (AvgIpc) is 2.06. The summed E-state index contributed by atoms with van der Waals surface area (Å²) in [7, 11) is 0.839. The normalized spacial score (nSPS) is 11.4. The number of nitro groups is 1. The largest absolute Gasteiger partial charge is 0.307 e. The molecular weight excluding hydrogens is 316 g/mol. The van der Waals surface area contributed by atoms with Gasteiger partial charge in [0, 0.05) is 16.7 Å². The minimum Gasteiger partial charge on any atom is -0.258 e. The Labute approximate surface area is 96.5 Å². The summed E-state index contributed by atoms with van der Waals surface area (Å²) >= 11 is 2.66. The van der Waals surface area contributed by atoms with Gasteiger partial charge in [0.1, 0.15) is 0 Å². The van der Waals surface area contributed by atoms with Crippen LogP contribution in [0.4, 0.5) is 10.1 Å². The van der Waals surface area contributed by atoms with Gasteiger partial charge in [-0.2, -0.15) is 4.39 Å². The molecule has 0 spiro atoms.